The highest BCUT2D eigenvalue weighted by atomic mass is 14.9. The first-order valence-corrected chi connectivity index (χ1v) is 4.37. The van der Waals surface area contributed by atoms with Crippen molar-refractivity contribution in [3.63, 3.8) is 0 Å². The van der Waals surface area contributed by atoms with Crippen molar-refractivity contribution in [1.29, 1.82) is 0 Å². The van der Waals surface area contributed by atoms with E-state index >= 15 is 0 Å². The van der Waals surface area contributed by atoms with Crippen molar-refractivity contribution >= 4 is 6.21 Å². The van der Waals surface area contributed by atoms with E-state index in [0.717, 1.165) is 17.8 Å². The van der Waals surface area contributed by atoms with Gasteiger partial charge in [-0.25, -0.2) is 0 Å². The molecule has 12 heavy (non-hydrogen) atoms. The second-order valence-corrected chi connectivity index (χ2v) is 3.17. The van der Waals surface area contributed by atoms with Crippen LogP contribution in [0.2, 0.25) is 0 Å². The average molecular weight is 167 g/mol. The van der Waals surface area contributed by atoms with Gasteiger partial charge >= 0.3 is 0 Å². The van der Waals surface area contributed by atoms with E-state index in [1.165, 1.54) is 12.8 Å². The maximum absolute atomic E-state index is 5.75. The third-order valence-electron chi connectivity index (χ3n) is 2.16. The van der Waals surface area contributed by atoms with Gasteiger partial charge in [-0.05, 0) is 26.3 Å². The summed E-state index contributed by atoms with van der Waals surface area (Å²) in [6.45, 7) is 3.02. The largest absolute Gasteiger partial charge is 0.402 e. The Morgan fingerprint density at radius 3 is 2.83 bits per heavy atom. The number of nitrogens with one attached hydrogen (secondary N) is 1. The Morgan fingerprint density at radius 2 is 2.42 bits per heavy atom. The van der Waals surface area contributed by atoms with E-state index < -0.39 is 0 Å². The lowest BCUT2D eigenvalue weighted by Crippen LogP contribution is -2.26. The van der Waals surface area contributed by atoms with Crippen molar-refractivity contribution in [2.75, 3.05) is 13.6 Å². The Kier molecular flexibility index (Phi) is 3.29. The number of nitrogens with two attached hydrogens (primary N) is 1. The van der Waals surface area contributed by atoms with Crippen LogP contribution in [0.15, 0.2) is 16.3 Å². The molecule has 0 amide bonds. The minimum Gasteiger partial charge on any atom is -0.402 e. The van der Waals surface area contributed by atoms with Gasteiger partial charge in [0, 0.05) is 30.6 Å². The molecule has 3 nitrogen and oxygen atoms in total. The van der Waals surface area contributed by atoms with Crippen LogP contribution in [0.5, 0.6) is 0 Å². The van der Waals surface area contributed by atoms with E-state index in [1.807, 2.05) is 13.1 Å². The van der Waals surface area contributed by atoms with Crippen molar-refractivity contribution in [2.45, 2.75) is 25.8 Å². The Morgan fingerprint density at radius 1 is 1.67 bits per heavy atom. The summed E-state index contributed by atoms with van der Waals surface area (Å²) in [7, 11) is 1.78. The molecule has 1 fully saturated rings. The van der Waals surface area contributed by atoms with Crippen molar-refractivity contribution in [2.24, 2.45) is 10.7 Å². The molecule has 0 spiro atoms. The maximum Gasteiger partial charge on any atom is 0.0352 e. The second kappa shape index (κ2) is 4.26. The van der Waals surface area contributed by atoms with E-state index in [4.69, 9.17) is 5.73 Å². The summed E-state index contributed by atoms with van der Waals surface area (Å²) in [6.07, 6.45) is 4.27. The monoisotopic (exact) mass is 167 g/mol. The summed E-state index contributed by atoms with van der Waals surface area (Å²) in [6, 6.07) is 0.429. The van der Waals surface area contributed by atoms with Gasteiger partial charge in [-0.3, -0.25) is 4.99 Å². The van der Waals surface area contributed by atoms with Crippen LogP contribution in [0.1, 0.15) is 19.8 Å². The van der Waals surface area contributed by atoms with Gasteiger partial charge in [-0.1, -0.05) is 0 Å². The topological polar surface area (TPSA) is 50.4 Å². The smallest absolute Gasteiger partial charge is 0.0352 e. The summed E-state index contributed by atoms with van der Waals surface area (Å²) in [5, 5.41) is 3.39. The third-order valence-corrected chi connectivity index (χ3v) is 2.16. The van der Waals surface area contributed by atoms with E-state index in [-0.39, 0.29) is 0 Å². The van der Waals surface area contributed by atoms with Crippen LogP contribution in [-0.4, -0.2) is 25.8 Å². The van der Waals surface area contributed by atoms with Crippen LogP contribution >= 0.6 is 0 Å². The summed E-state index contributed by atoms with van der Waals surface area (Å²) in [4.78, 5) is 4.00. The maximum atomic E-state index is 5.75. The Balaban J connectivity index is 2.72. The molecule has 1 heterocycles. The molecule has 1 rings (SSSR count). The summed E-state index contributed by atoms with van der Waals surface area (Å²) in [5.74, 6) is 0. The molecule has 3 heteroatoms. The van der Waals surface area contributed by atoms with Gasteiger partial charge in [0.05, 0.1) is 0 Å². The quantitative estimate of drug-likeness (QED) is 0.594. The van der Waals surface area contributed by atoms with Crippen molar-refractivity contribution in [3.8, 4) is 0 Å². The minimum absolute atomic E-state index is 0.429. The molecule has 0 saturated carbocycles. The van der Waals surface area contributed by atoms with Crippen LogP contribution in [0.25, 0.3) is 0 Å². The zero-order valence-corrected chi connectivity index (χ0v) is 7.80. The highest BCUT2D eigenvalue weighted by Crippen LogP contribution is 2.14. The molecule has 0 aromatic heterocycles. The van der Waals surface area contributed by atoms with Gasteiger partial charge in [0.2, 0.25) is 0 Å². The first-order valence-electron chi connectivity index (χ1n) is 4.37. The number of rotatable bonds is 2. The molecule has 3 N–H and O–H groups in total. The summed E-state index contributed by atoms with van der Waals surface area (Å²) < 4.78 is 0. The van der Waals surface area contributed by atoms with Gasteiger partial charge in [0.25, 0.3) is 0 Å². The molecule has 0 radical (unpaired) electrons. The van der Waals surface area contributed by atoms with E-state index in [0.29, 0.717) is 6.04 Å². The number of nitrogens with zero attached hydrogens (tertiary/aromatic N) is 1. The molecule has 0 aromatic carbocycles. The van der Waals surface area contributed by atoms with Gasteiger partial charge < -0.3 is 11.1 Å². The zero-order chi connectivity index (χ0) is 8.97. The summed E-state index contributed by atoms with van der Waals surface area (Å²) in [5.41, 5.74) is 7.77. The molecule has 1 aliphatic heterocycles. The molecule has 0 unspecified atom stereocenters. The normalized spacial score (nSPS) is 26.3. The van der Waals surface area contributed by atoms with Crippen molar-refractivity contribution in [1.82, 2.24) is 5.32 Å². The second-order valence-electron chi connectivity index (χ2n) is 3.17. The van der Waals surface area contributed by atoms with Gasteiger partial charge in [-0.15, -0.1) is 0 Å². The van der Waals surface area contributed by atoms with Crippen LogP contribution in [0.4, 0.5) is 0 Å². The lowest BCUT2D eigenvalue weighted by molar-refractivity contribution is 0.705. The minimum atomic E-state index is 0.429. The van der Waals surface area contributed by atoms with Crippen molar-refractivity contribution < 1.29 is 0 Å². The van der Waals surface area contributed by atoms with E-state index in [2.05, 4.69) is 10.3 Å². The fraction of sp³-hybridized carbons (Fsp3) is 0.667. The van der Waals surface area contributed by atoms with Crippen LogP contribution in [-0.2, 0) is 0 Å². The van der Waals surface area contributed by atoms with Gasteiger partial charge in [-0.2, -0.15) is 0 Å². The van der Waals surface area contributed by atoms with Crippen molar-refractivity contribution in [3.05, 3.63) is 11.3 Å². The number of hydrogen-bond donors (Lipinski definition) is 2. The number of allylic oxidation sites excluding steroid dienone is 1. The zero-order valence-electron chi connectivity index (χ0n) is 7.80. The first-order chi connectivity index (χ1) is 5.75. The van der Waals surface area contributed by atoms with Crippen LogP contribution in [0, 0.1) is 0 Å². The molecular weight excluding hydrogens is 150 g/mol. The first kappa shape index (κ1) is 9.26. The van der Waals surface area contributed by atoms with Crippen LogP contribution < -0.4 is 11.1 Å². The highest BCUT2D eigenvalue weighted by Gasteiger charge is 2.18. The lowest BCUT2D eigenvalue weighted by Gasteiger charge is -2.12. The lowest BCUT2D eigenvalue weighted by atomic mass is 10.1. The number of hydrogen-bond acceptors (Lipinski definition) is 3. The predicted octanol–water partition coefficient (Wildman–Crippen LogP) is 0.672. The predicted molar refractivity (Wildman–Crippen MR) is 52.3 cm³/mol. The Bertz CT molecular complexity index is 196. The van der Waals surface area contributed by atoms with Gasteiger partial charge in [0.15, 0.2) is 0 Å². The average Bonchev–Trinajstić information content (AvgIpc) is 2.51. The molecular formula is C9H17N3. The standard InChI is InChI=1S/C9H17N3/c1-7(10)8(6-11-2)9-4-3-5-12-9/h6,9,12H,3-5,10H2,1-2H3/t9-/m0/s1. The van der Waals surface area contributed by atoms with Crippen LogP contribution in [0.3, 0.4) is 0 Å². The molecule has 68 valence electrons. The molecule has 1 aliphatic rings. The Labute approximate surface area is 73.7 Å². The SMILES string of the molecule is CN=CC(=C(C)N)[C@@H]1CCCN1. The fourth-order valence-corrected chi connectivity index (χ4v) is 1.56. The Hall–Kier alpha value is -0.830. The number of aliphatic imine (C=N–C) groups is 1. The molecule has 0 bridgehead atoms. The fourth-order valence-electron chi connectivity index (χ4n) is 1.56. The van der Waals surface area contributed by atoms with E-state index in [1.54, 1.807) is 7.05 Å². The molecule has 1 saturated heterocycles. The van der Waals surface area contributed by atoms with E-state index in [9.17, 15) is 0 Å². The summed E-state index contributed by atoms with van der Waals surface area (Å²) >= 11 is 0. The molecule has 1 atom stereocenters. The highest BCUT2D eigenvalue weighted by molar-refractivity contribution is 5.81. The van der Waals surface area contributed by atoms with Gasteiger partial charge in [0.1, 0.15) is 0 Å². The molecule has 0 aliphatic carbocycles. The third kappa shape index (κ3) is 2.08. The molecule has 0 aromatic rings.